The molecule has 1 N–H and O–H groups in total. The Kier molecular flexibility index (Phi) is 7.22. The molecule has 0 spiro atoms. The molecule has 0 saturated carbocycles. The number of hydrogen-bond donors (Lipinski definition) is 1. The summed E-state index contributed by atoms with van der Waals surface area (Å²) in [5.74, 6) is 0.634. The van der Waals surface area contributed by atoms with Gasteiger partial charge in [0.2, 0.25) is 17.7 Å². The highest BCUT2D eigenvalue weighted by Gasteiger charge is 2.29. The Morgan fingerprint density at radius 3 is 2.96 bits per heavy atom. The van der Waals surface area contributed by atoms with Gasteiger partial charge in [-0.15, -0.1) is 0 Å². The summed E-state index contributed by atoms with van der Waals surface area (Å²) in [7, 11) is 0. The van der Waals surface area contributed by atoms with E-state index in [9.17, 15) is 9.59 Å². The molecule has 0 unspecified atom stereocenters. The van der Waals surface area contributed by atoms with Gasteiger partial charge in [-0.2, -0.15) is 0 Å². The summed E-state index contributed by atoms with van der Waals surface area (Å²) in [5.41, 5.74) is 0.954. The van der Waals surface area contributed by atoms with E-state index >= 15 is 0 Å². The molecule has 1 aliphatic rings. The number of nitrogens with one attached hydrogen (secondary N) is 1. The van der Waals surface area contributed by atoms with E-state index in [0.29, 0.717) is 25.6 Å². The van der Waals surface area contributed by atoms with E-state index in [-0.39, 0.29) is 23.7 Å². The zero-order valence-corrected chi connectivity index (χ0v) is 15.5. The summed E-state index contributed by atoms with van der Waals surface area (Å²) in [6, 6.07) is 3.70. The molecule has 2 amide bonds. The molecule has 2 atom stereocenters. The minimum Gasteiger partial charge on any atom is -0.478 e. The van der Waals surface area contributed by atoms with Crippen LogP contribution in [0.25, 0.3) is 0 Å². The number of aromatic nitrogens is 1. The van der Waals surface area contributed by atoms with Crippen molar-refractivity contribution in [3.63, 3.8) is 0 Å². The first-order chi connectivity index (χ1) is 12.0. The highest BCUT2D eigenvalue weighted by molar-refractivity contribution is 5.82. The lowest BCUT2D eigenvalue weighted by atomic mass is 9.95. The van der Waals surface area contributed by atoms with Crippen LogP contribution < -0.4 is 10.1 Å². The van der Waals surface area contributed by atoms with Gasteiger partial charge in [-0.25, -0.2) is 4.98 Å². The monoisotopic (exact) mass is 347 g/mol. The molecule has 2 heterocycles. The predicted octanol–water partition coefficient (Wildman–Crippen LogP) is 2.38. The van der Waals surface area contributed by atoms with E-state index in [1.54, 1.807) is 6.20 Å². The Bertz CT molecular complexity index is 591. The van der Waals surface area contributed by atoms with Crippen molar-refractivity contribution < 1.29 is 14.3 Å². The van der Waals surface area contributed by atoms with Crippen molar-refractivity contribution in [1.29, 1.82) is 0 Å². The second-order valence-corrected chi connectivity index (χ2v) is 6.59. The van der Waals surface area contributed by atoms with Crippen LogP contribution in [0.5, 0.6) is 5.88 Å². The van der Waals surface area contributed by atoms with E-state index < -0.39 is 0 Å². The fraction of sp³-hybridized carbons (Fsp3) is 0.632. The predicted molar refractivity (Wildman–Crippen MR) is 96.0 cm³/mol. The first kappa shape index (κ1) is 19.2. The molecule has 138 valence electrons. The molecule has 1 aliphatic heterocycles. The fourth-order valence-corrected chi connectivity index (χ4v) is 3.00. The smallest absolute Gasteiger partial charge is 0.225 e. The summed E-state index contributed by atoms with van der Waals surface area (Å²) < 4.78 is 5.38. The van der Waals surface area contributed by atoms with Crippen LogP contribution in [-0.4, -0.2) is 41.4 Å². The van der Waals surface area contributed by atoms with Gasteiger partial charge in [0.25, 0.3) is 0 Å². The van der Waals surface area contributed by atoms with E-state index in [1.807, 2.05) is 37.8 Å². The first-order valence-electron chi connectivity index (χ1n) is 9.19. The maximum atomic E-state index is 12.5. The number of rotatable bonds is 7. The average molecular weight is 347 g/mol. The maximum absolute atomic E-state index is 12.5. The van der Waals surface area contributed by atoms with Crippen LogP contribution in [0.1, 0.15) is 45.6 Å². The number of carbonyl (C=O) groups excluding carboxylic acids is 2. The Morgan fingerprint density at radius 1 is 1.44 bits per heavy atom. The van der Waals surface area contributed by atoms with Crippen LogP contribution in [0.4, 0.5) is 0 Å². The van der Waals surface area contributed by atoms with Crippen molar-refractivity contribution in [1.82, 2.24) is 15.2 Å². The SMILES string of the molecule is CCOc1cc(CNC(=O)[C@@H]2CCCN(C(=O)[C@H](C)CC)C2)ccn1. The molecular formula is C19H29N3O3. The zero-order valence-electron chi connectivity index (χ0n) is 15.5. The van der Waals surface area contributed by atoms with Gasteiger partial charge in [0.1, 0.15) is 0 Å². The molecule has 1 fully saturated rings. The molecule has 0 aromatic carbocycles. The Balaban J connectivity index is 1.88. The third kappa shape index (κ3) is 5.44. The Labute approximate surface area is 150 Å². The first-order valence-corrected chi connectivity index (χ1v) is 9.19. The molecule has 1 aromatic heterocycles. The molecule has 0 radical (unpaired) electrons. The van der Waals surface area contributed by atoms with Crippen LogP contribution in [-0.2, 0) is 16.1 Å². The zero-order chi connectivity index (χ0) is 18.2. The van der Waals surface area contributed by atoms with E-state index in [4.69, 9.17) is 4.74 Å². The summed E-state index contributed by atoms with van der Waals surface area (Å²) in [5, 5.41) is 2.98. The van der Waals surface area contributed by atoms with Crippen molar-refractivity contribution in [2.75, 3.05) is 19.7 Å². The standard InChI is InChI=1S/C19H29N3O3/c1-4-14(3)19(24)22-10-6-7-16(13-22)18(23)21-12-15-8-9-20-17(11-15)25-5-2/h8-9,11,14,16H,4-7,10,12-13H2,1-3H3,(H,21,23)/t14-,16-/m1/s1. The molecule has 1 aromatic rings. The Hall–Kier alpha value is -2.11. The van der Waals surface area contributed by atoms with Crippen LogP contribution in [0.3, 0.4) is 0 Å². The van der Waals surface area contributed by atoms with E-state index in [2.05, 4.69) is 10.3 Å². The average Bonchev–Trinajstić information content (AvgIpc) is 2.65. The van der Waals surface area contributed by atoms with Gasteiger partial charge in [0.15, 0.2) is 0 Å². The van der Waals surface area contributed by atoms with Crippen LogP contribution in [0.15, 0.2) is 18.3 Å². The lowest BCUT2D eigenvalue weighted by Gasteiger charge is -2.33. The largest absolute Gasteiger partial charge is 0.478 e. The quantitative estimate of drug-likeness (QED) is 0.822. The Morgan fingerprint density at radius 2 is 2.24 bits per heavy atom. The summed E-state index contributed by atoms with van der Waals surface area (Å²) >= 11 is 0. The van der Waals surface area contributed by atoms with Crippen molar-refractivity contribution in [3.8, 4) is 5.88 Å². The molecule has 6 nitrogen and oxygen atoms in total. The number of nitrogens with zero attached hydrogens (tertiary/aromatic N) is 2. The molecule has 1 saturated heterocycles. The highest BCUT2D eigenvalue weighted by atomic mass is 16.5. The van der Waals surface area contributed by atoms with Gasteiger partial charge >= 0.3 is 0 Å². The second kappa shape index (κ2) is 9.39. The van der Waals surface area contributed by atoms with Gasteiger partial charge < -0.3 is 15.0 Å². The lowest BCUT2D eigenvalue weighted by Crippen LogP contribution is -2.46. The topological polar surface area (TPSA) is 71.5 Å². The number of piperidine rings is 1. The molecule has 0 aliphatic carbocycles. The molecule has 2 rings (SSSR count). The number of ether oxygens (including phenoxy) is 1. The van der Waals surface area contributed by atoms with Crippen LogP contribution in [0, 0.1) is 11.8 Å². The summed E-state index contributed by atoms with van der Waals surface area (Å²) in [6.07, 6.45) is 4.22. The van der Waals surface area contributed by atoms with Gasteiger partial charge in [0, 0.05) is 37.8 Å². The van der Waals surface area contributed by atoms with Crippen molar-refractivity contribution >= 4 is 11.8 Å². The van der Waals surface area contributed by atoms with E-state index in [1.165, 1.54) is 0 Å². The number of amides is 2. The maximum Gasteiger partial charge on any atom is 0.225 e. The summed E-state index contributed by atoms with van der Waals surface area (Å²) in [6.45, 7) is 8.16. The summed E-state index contributed by atoms with van der Waals surface area (Å²) in [4.78, 5) is 30.8. The number of hydrogen-bond acceptors (Lipinski definition) is 4. The fourth-order valence-electron chi connectivity index (χ4n) is 3.00. The normalized spacial score (nSPS) is 18.5. The van der Waals surface area contributed by atoms with Gasteiger partial charge in [-0.05, 0) is 37.8 Å². The molecule has 0 bridgehead atoms. The minimum atomic E-state index is -0.130. The number of carbonyl (C=O) groups is 2. The van der Waals surface area contributed by atoms with Crippen LogP contribution in [0.2, 0.25) is 0 Å². The van der Waals surface area contributed by atoms with Crippen molar-refractivity contribution in [2.24, 2.45) is 11.8 Å². The third-order valence-corrected chi connectivity index (χ3v) is 4.70. The highest BCUT2D eigenvalue weighted by Crippen LogP contribution is 2.20. The lowest BCUT2D eigenvalue weighted by molar-refractivity contribution is -0.139. The third-order valence-electron chi connectivity index (χ3n) is 4.70. The number of pyridine rings is 1. The van der Waals surface area contributed by atoms with Gasteiger partial charge in [-0.1, -0.05) is 13.8 Å². The van der Waals surface area contributed by atoms with Gasteiger partial charge in [-0.3, -0.25) is 9.59 Å². The minimum absolute atomic E-state index is 0.0106. The molecule has 6 heteroatoms. The van der Waals surface area contributed by atoms with E-state index in [0.717, 1.165) is 31.4 Å². The number of likely N-dealkylation sites (tertiary alicyclic amines) is 1. The van der Waals surface area contributed by atoms with Crippen molar-refractivity contribution in [2.45, 2.75) is 46.6 Å². The molecular weight excluding hydrogens is 318 g/mol. The van der Waals surface area contributed by atoms with Crippen molar-refractivity contribution in [3.05, 3.63) is 23.9 Å². The van der Waals surface area contributed by atoms with Crippen LogP contribution >= 0.6 is 0 Å². The van der Waals surface area contributed by atoms with Gasteiger partial charge in [0.05, 0.1) is 12.5 Å². The molecule has 25 heavy (non-hydrogen) atoms. The second-order valence-electron chi connectivity index (χ2n) is 6.59.